The van der Waals surface area contributed by atoms with Crippen LogP contribution in [-0.2, 0) is 0 Å². The van der Waals surface area contributed by atoms with Crippen LogP contribution in [0.4, 0.5) is 8.78 Å². The Morgan fingerprint density at radius 3 is 2.60 bits per heavy atom. The van der Waals surface area contributed by atoms with Crippen LogP contribution >= 0.6 is 0 Å². The fourth-order valence-corrected chi connectivity index (χ4v) is 3.27. The van der Waals surface area contributed by atoms with Crippen molar-refractivity contribution in [3.8, 4) is 0 Å². The van der Waals surface area contributed by atoms with E-state index in [1.807, 2.05) is 0 Å². The maximum Gasteiger partial charge on any atom is 0.254 e. The first-order valence-electron chi connectivity index (χ1n) is 8.25. The number of carbonyl (C=O) groups excluding carboxylic acids is 1. The average molecular weight is 349 g/mol. The third-order valence-electron chi connectivity index (χ3n) is 4.79. The Morgan fingerprint density at radius 2 is 1.96 bits per heavy atom. The Morgan fingerprint density at radius 1 is 1.24 bits per heavy atom. The molecule has 2 atom stereocenters. The second kappa shape index (κ2) is 6.18. The summed E-state index contributed by atoms with van der Waals surface area (Å²) in [6.45, 7) is 0.376. The molecule has 0 spiro atoms. The Kier molecular flexibility index (Phi) is 3.99. The van der Waals surface area contributed by atoms with Crippen LogP contribution in [0.1, 0.15) is 46.8 Å². The maximum absolute atomic E-state index is 13.4. The molecule has 2 fully saturated rings. The van der Waals surface area contributed by atoms with E-state index in [-0.39, 0.29) is 37.1 Å². The molecule has 0 unspecified atom stereocenters. The van der Waals surface area contributed by atoms with Crippen LogP contribution < -0.4 is 0 Å². The molecule has 4 rings (SSSR count). The lowest BCUT2D eigenvalue weighted by atomic mass is 9.97. The fourth-order valence-electron chi connectivity index (χ4n) is 3.27. The van der Waals surface area contributed by atoms with Crippen LogP contribution in [0.2, 0.25) is 0 Å². The molecule has 1 aromatic carbocycles. The van der Waals surface area contributed by atoms with Gasteiger partial charge in [0.1, 0.15) is 11.6 Å². The SMILES string of the molecule is O=C(c1cc(F)cc(F)c1)N1C[C@@H](CO)[C@H](c2nc(C3CC3)no2)C1. The molecule has 2 aliphatic rings. The minimum Gasteiger partial charge on any atom is -0.396 e. The van der Waals surface area contributed by atoms with Crippen molar-refractivity contribution in [2.45, 2.75) is 24.7 Å². The monoisotopic (exact) mass is 349 g/mol. The van der Waals surface area contributed by atoms with Gasteiger partial charge >= 0.3 is 0 Å². The fraction of sp³-hybridized carbons (Fsp3) is 0.471. The summed E-state index contributed by atoms with van der Waals surface area (Å²) in [5.74, 6) is -1.21. The number of aliphatic hydroxyl groups is 1. The lowest BCUT2D eigenvalue weighted by Gasteiger charge is -2.16. The molecule has 1 saturated heterocycles. The number of aromatic nitrogens is 2. The molecule has 2 heterocycles. The van der Waals surface area contributed by atoms with Crippen molar-refractivity contribution < 1.29 is 23.2 Å². The van der Waals surface area contributed by atoms with Crippen LogP contribution in [0.25, 0.3) is 0 Å². The van der Waals surface area contributed by atoms with E-state index < -0.39 is 17.5 Å². The van der Waals surface area contributed by atoms with Crippen molar-refractivity contribution in [1.82, 2.24) is 15.0 Å². The van der Waals surface area contributed by atoms with E-state index in [9.17, 15) is 18.7 Å². The Labute approximate surface area is 142 Å². The summed E-state index contributed by atoms with van der Waals surface area (Å²) in [5.41, 5.74) is -0.0564. The summed E-state index contributed by atoms with van der Waals surface area (Å²) in [6.07, 6.45) is 2.09. The highest BCUT2D eigenvalue weighted by molar-refractivity contribution is 5.94. The predicted octanol–water partition coefficient (Wildman–Crippen LogP) is 2.07. The van der Waals surface area contributed by atoms with Crippen molar-refractivity contribution in [2.75, 3.05) is 19.7 Å². The van der Waals surface area contributed by atoms with Gasteiger partial charge in [0.25, 0.3) is 5.91 Å². The van der Waals surface area contributed by atoms with E-state index in [0.717, 1.165) is 31.0 Å². The summed E-state index contributed by atoms with van der Waals surface area (Å²) in [4.78, 5) is 18.4. The van der Waals surface area contributed by atoms with Crippen LogP contribution in [0.5, 0.6) is 0 Å². The topological polar surface area (TPSA) is 79.5 Å². The molecule has 1 aromatic heterocycles. The summed E-state index contributed by atoms with van der Waals surface area (Å²) in [5, 5.41) is 13.6. The second-order valence-electron chi connectivity index (χ2n) is 6.68. The van der Waals surface area contributed by atoms with E-state index in [2.05, 4.69) is 10.1 Å². The van der Waals surface area contributed by atoms with Crippen LogP contribution in [0, 0.1) is 17.6 Å². The first-order valence-corrected chi connectivity index (χ1v) is 8.25. The van der Waals surface area contributed by atoms with Gasteiger partial charge in [-0.1, -0.05) is 5.16 Å². The van der Waals surface area contributed by atoms with Crippen molar-refractivity contribution in [3.05, 3.63) is 47.1 Å². The van der Waals surface area contributed by atoms with Gasteiger partial charge < -0.3 is 14.5 Å². The summed E-state index contributed by atoms with van der Waals surface area (Å²) in [7, 11) is 0. The molecule has 132 valence electrons. The highest BCUT2D eigenvalue weighted by Crippen LogP contribution is 2.40. The number of rotatable bonds is 4. The van der Waals surface area contributed by atoms with E-state index >= 15 is 0 Å². The number of benzene rings is 1. The Hall–Kier alpha value is -2.35. The van der Waals surface area contributed by atoms with Gasteiger partial charge in [-0.25, -0.2) is 8.78 Å². The van der Waals surface area contributed by atoms with Gasteiger partial charge in [0, 0.05) is 43.2 Å². The van der Waals surface area contributed by atoms with Crippen LogP contribution in [-0.4, -0.2) is 45.8 Å². The number of nitrogens with zero attached hydrogens (tertiary/aromatic N) is 3. The zero-order valence-electron chi connectivity index (χ0n) is 13.4. The number of halogens is 2. The van der Waals surface area contributed by atoms with Gasteiger partial charge in [-0.15, -0.1) is 0 Å². The van der Waals surface area contributed by atoms with Crippen molar-refractivity contribution in [1.29, 1.82) is 0 Å². The standard InChI is InChI=1S/C17H17F2N3O3/c18-12-3-10(4-13(19)5-12)17(24)22-6-11(8-23)14(7-22)16-20-15(21-25-16)9-1-2-9/h3-5,9,11,14,23H,1-2,6-8H2/t11-,14+/m0/s1. The third kappa shape index (κ3) is 3.13. The molecule has 25 heavy (non-hydrogen) atoms. The number of likely N-dealkylation sites (tertiary alicyclic amines) is 1. The van der Waals surface area contributed by atoms with Crippen molar-refractivity contribution >= 4 is 5.91 Å². The Balaban J connectivity index is 1.54. The lowest BCUT2D eigenvalue weighted by molar-refractivity contribution is 0.0780. The van der Waals surface area contributed by atoms with E-state index in [0.29, 0.717) is 17.6 Å². The molecule has 1 aliphatic heterocycles. The second-order valence-corrected chi connectivity index (χ2v) is 6.68. The quantitative estimate of drug-likeness (QED) is 0.914. The maximum atomic E-state index is 13.4. The zero-order chi connectivity index (χ0) is 17.6. The van der Waals surface area contributed by atoms with Gasteiger partial charge in [-0.2, -0.15) is 4.98 Å². The van der Waals surface area contributed by atoms with Crippen LogP contribution in [0.3, 0.4) is 0 Å². The van der Waals surface area contributed by atoms with Gasteiger partial charge in [-0.3, -0.25) is 4.79 Å². The molecule has 6 nitrogen and oxygen atoms in total. The molecule has 0 radical (unpaired) electrons. The normalized spacial score (nSPS) is 23.2. The van der Waals surface area contributed by atoms with Crippen LogP contribution in [0.15, 0.2) is 22.7 Å². The van der Waals surface area contributed by atoms with Crippen molar-refractivity contribution in [2.24, 2.45) is 5.92 Å². The molecule has 1 amide bonds. The molecule has 1 saturated carbocycles. The number of amides is 1. The summed E-state index contributed by atoms with van der Waals surface area (Å²) in [6, 6.07) is 2.73. The summed E-state index contributed by atoms with van der Waals surface area (Å²) >= 11 is 0. The largest absolute Gasteiger partial charge is 0.396 e. The van der Waals surface area contributed by atoms with Gasteiger partial charge in [0.2, 0.25) is 5.89 Å². The molecule has 1 N–H and O–H groups in total. The minimum atomic E-state index is -0.802. The highest BCUT2D eigenvalue weighted by Gasteiger charge is 2.40. The van der Waals surface area contributed by atoms with Crippen molar-refractivity contribution in [3.63, 3.8) is 0 Å². The number of hydrogen-bond acceptors (Lipinski definition) is 5. The van der Waals surface area contributed by atoms with E-state index in [1.54, 1.807) is 0 Å². The Bertz CT molecular complexity index is 786. The number of carbonyl (C=O) groups is 1. The number of aliphatic hydroxyl groups excluding tert-OH is 1. The van der Waals surface area contributed by atoms with E-state index in [4.69, 9.17) is 4.52 Å². The zero-order valence-corrected chi connectivity index (χ0v) is 13.4. The minimum absolute atomic E-state index is 0.0564. The van der Waals surface area contributed by atoms with Gasteiger partial charge in [-0.05, 0) is 25.0 Å². The van der Waals surface area contributed by atoms with Gasteiger partial charge in [0.05, 0.1) is 5.92 Å². The first kappa shape index (κ1) is 16.1. The molecule has 1 aliphatic carbocycles. The molecule has 8 heteroatoms. The highest BCUT2D eigenvalue weighted by atomic mass is 19.1. The molecule has 0 bridgehead atoms. The first-order chi connectivity index (χ1) is 12.0. The lowest BCUT2D eigenvalue weighted by Crippen LogP contribution is -2.29. The smallest absolute Gasteiger partial charge is 0.254 e. The molecular weight excluding hydrogens is 332 g/mol. The summed E-state index contributed by atoms with van der Waals surface area (Å²) < 4.78 is 32.0. The predicted molar refractivity (Wildman–Crippen MR) is 81.9 cm³/mol. The third-order valence-corrected chi connectivity index (χ3v) is 4.79. The molecule has 2 aromatic rings. The van der Waals surface area contributed by atoms with Gasteiger partial charge in [0.15, 0.2) is 5.82 Å². The average Bonchev–Trinajstić information content (AvgIpc) is 3.16. The molecular formula is C17H17F2N3O3. The number of hydrogen-bond donors (Lipinski definition) is 1. The van der Waals surface area contributed by atoms with E-state index in [1.165, 1.54) is 4.90 Å².